The number of nitrogens with zero attached hydrogens (tertiary/aromatic N) is 3. The number of thioether (sulfide) groups is 1. The average Bonchev–Trinajstić information content (AvgIpc) is 2.89. The first-order valence-electron chi connectivity index (χ1n) is 5.91. The molecule has 1 N–H and O–H groups in total. The number of rotatable bonds is 6. The van der Waals surface area contributed by atoms with Gasteiger partial charge >= 0.3 is 0 Å². The third kappa shape index (κ3) is 4.49. The van der Waals surface area contributed by atoms with Crippen LogP contribution in [0.2, 0.25) is 0 Å². The van der Waals surface area contributed by atoms with Gasteiger partial charge in [-0.25, -0.2) is 0 Å². The minimum Gasteiger partial charge on any atom is -0.491 e. The molecule has 0 unspecified atom stereocenters. The summed E-state index contributed by atoms with van der Waals surface area (Å²) in [5, 5.41) is 27.3. The van der Waals surface area contributed by atoms with Crippen molar-refractivity contribution in [1.82, 2.24) is 10.2 Å². The maximum absolute atomic E-state index is 9.84. The van der Waals surface area contributed by atoms with E-state index in [9.17, 15) is 5.11 Å². The maximum atomic E-state index is 9.84. The fourth-order valence-corrected chi connectivity index (χ4v) is 3.12. The van der Waals surface area contributed by atoms with E-state index in [1.807, 2.05) is 13.0 Å². The molecule has 1 atom stereocenters. The standard InChI is InChI=1S/C13H13N3O2S2/c1-9-15-16-13(20-9)19-8-11(17)7-18-12-4-2-10(6-14)3-5-12/h2-5,11,17H,7-8H2,1H3/t11-/m1/s1. The lowest BCUT2D eigenvalue weighted by Crippen LogP contribution is -2.20. The van der Waals surface area contributed by atoms with E-state index in [1.165, 1.54) is 23.1 Å². The van der Waals surface area contributed by atoms with Gasteiger partial charge in [0.15, 0.2) is 4.34 Å². The third-order valence-corrected chi connectivity index (χ3v) is 4.45. The Kier molecular flexibility index (Phi) is 5.35. The molecule has 7 heteroatoms. The number of aryl methyl sites for hydroxylation is 1. The van der Waals surface area contributed by atoms with Crippen LogP contribution in [0.1, 0.15) is 10.6 Å². The minimum atomic E-state index is -0.583. The van der Waals surface area contributed by atoms with Crippen molar-refractivity contribution in [2.24, 2.45) is 0 Å². The molecule has 1 aromatic carbocycles. The summed E-state index contributed by atoms with van der Waals surface area (Å²) in [7, 11) is 0. The van der Waals surface area contributed by atoms with E-state index < -0.39 is 6.10 Å². The second-order valence-electron chi connectivity index (χ2n) is 4.00. The van der Waals surface area contributed by atoms with Crippen LogP contribution in [-0.2, 0) is 0 Å². The van der Waals surface area contributed by atoms with Crippen molar-refractivity contribution in [3.05, 3.63) is 34.8 Å². The number of aliphatic hydroxyl groups excluding tert-OH is 1. The van der Waals surface area contributed by atoms with Crippen LogP contribution >= 0.6 is 23.1 Å². The van der Waals surface area contributed by atoms with Gasteiger partial charge in [-0.05, 0) is 31.2 Å². The number of aliphatic hydroxyl groups is 1. The highest BCUT2D eigenvalue weighted by Crippen LogP contribution is 2.22. The van der Waals surface area contributed by atoms with Gasteiger partial charge in [0, 0.05) is 5.75 Å². The van der Waals surface area contributed by atoms with E-state index in [0.29, 0.717) is 17.1 Å². The molecule has 0 aliphatic rings. The molecule has 0 bridgehead atoms. The van der Waals surface area contributed by atoms with Crippen LogP contribution in [0.5, 0.6) is 5.75 Å². The van der Waals surface area contributed by atoms with Gasteiger partial charge in [0.25, 0.3) is 0 Å². The molecule has 0 aliphatic carbocycles. The molecular weight excluding hydrogens is 294 g/mol. The van der Waals surface area contributed by atoms with Crippen molar-refractivity contribution in [2.75, 3.05) is 12.4 Å². The molecule has 0 radical (unpaired) electrons. The Morgan fingerprint density at radius 3 is 2.75 bits per heavy atom. The van der Waals surface area contributed by atoms with Gasteiger partial charge in [0.2, 0.25) is 0 Å². The first-order chi connectivity index (χ1) is 9.67. The lowest BCUT2D eigenvalue weighted by Gasteiger charge is -2.11. The zero-order valence-corrected chi connectivity index (χ0v) is 12.4. The fraction of sp³-hybridized carbons (Fsp3) is 0.308. The largest absolute Gasteiger partial charge is 0.491 e. The summed E-state index contributed by atoms with van der Waals surface area (Å²) in [5.41, 5.74) is 0.583. The summed E-state index contributed by atoms with van der Waals surface area (Å²) < 4.78 is 6.30. The molecule has 5 nitrogen and oxygen atoms in total. The Labute approximate surface area is 125 Å². The number of nitriles is 1. The monoisotopic (exact) mass is 307 g/mol. The Balaban J connectivity index is 1.74. The van der Waals surface area contributed by atoms with Crippen LogP contribution in [0, 0.1) is 18.3 Å². The molecule has 0 amide bonds. The van der Waals surface area contributed by atoms with Crippen molar-refractivity contribution < 1.29 is 9.84 Å². The predicted octanol–water partition coefficient (Wildman–Crippen LogP) is 2.25. The minimum absolute atomic E-state index is 0.205. The summed E-state index contributed by atoms with van der Waals surface area (Å²) in [6.45, 7) is 2.10. The summed E-state index contributed by atoms with van der Waals surface area (Å²) >= 11 is 2.97. The number of hydrogen-bond donors (Lipinski definition) is 1. The maximum Gasteiger partial charge on any atom is 0.174 e. The molecule has 1 heterocycles. The van der Waals surface area contributed by atoms with Crippen LogP contribution in [0.15, 0.2) is 28.6 Å². The fourth-order valence-electron chi connectivity index (χ4n) is 1.37. The van der Waals surface area contributed by atoms with Gasteiger partial charge in [-0.2, -0.15) is 5.26 Å². The lowest BCUT2D eigenvalue weighted by molar-refractivity contribution is 0.126. The van der Waals surface area contributed by atoms with Crippen molar-refractivity contribution in [3.8, 4) is 11.8 Å². The second kappa shape index (κ2) is 7.24. The van der Waals surface area contributed by atoms with E-state index in [2.05, 4.69) is 10.2 Å². The Bertz CT molecular complexity index is 592. The number of ether oxygens (including phenoxy) is 1. The molecule has 20 heavy (non-hydrogen) atoms. The van der Waals surface area contributed by atoms with Crippen LogP contribution in [0.3, 0.4) is 0 Å². The summed E-state index contributed by atoms with van der Waals surface area (Å²) in [5.74, 6) is 1.14. The van der Waals surface area contributed by atoms with Gasteiger partial charge in [-0.1, -0.05) is 23.1 Å². The van der Waals surface area contributed by atoms with E-state index in [-0.39, 0.29) is 6.61 Å². The molecule has 0 spiro atoms. The smallest absolute Gasteiger partial charge is 0.174 e. The normalized spacial score (nSPS) is 11.8. The molecular formula is C13H13N3O2S2. The van der Waals surface area contributed by atoms with Gasteiger partial charge in [0.1, 0.15) is 17.4 Å². The quantitative estimate of drug-likeness (QED) is 0.825. The molecule has 2 aromatic rings. The van der Waals surface area contributed by atoms with Crippen molar-refractivity contribution in [3.63, 3.8) is 0 Å². The SMILES string of the molecule is Cc1nnc(SC[C@H](O)COc2ccc(C#N)cc2)s1. The van der Waals surface area contributed by atoms with Gasteiger partial charge in [-0.15, -0.1) is 10.2 Å². The number of hydrogen-bond acceptors (Lipinski definition) is 7. The molecule has 104 valence electrons. The summed E-state index contributed by atoms with van der Waals surface area (Å²) in [6, 6.07) is 8.83. The third-order valence-electron chi connectivity index (χ3n) is 2.33. The van der Waals surface area contributed by atoms with Crippen LogP contribution in [-0.4, -0.2) is 33.8 Å². The van der Waals surface area contributed by atoms with Gasteiger partial charge in [-0.3, -0.25) is 0 Å². The van der Waals surface area contributed by atoms with Crippen molar-refractivity contribution in [2.45, 2.75) is 17.4 Å². The molecule has 0 fully saturated rings. The molecule has 2 rings (SSSR count). The van der Waals surface area contributed by atoms with Crippen LogP contribution in [0.25, 0.3) is 0 Å². The zero-order chi connectivity index (χ0) is 14.4. The van der Waals surface area contributed by atoms with Crippen LogP contribution < -0.4 is 4.74 Å². The van der Waals surface area contributed by atoms with Crippen molar-refractivity contribution in [1.29, 1.82) is 5.26 Å². The molecule has 0 saturated carbocycles. The van der Waals surface area contributed by atoms with Gasteiger partial charge < -0.3 is 9.84 Å². The predicted molar refractivity (Wildman–Crippen MR) is 78.0 cm³/mol. The highest BCUT2D eigenvalue weighted by atomic mass is 32.2. The Morgan fingerprint density at radius 1 is 1.40 bits per heavy atom. The van der Waals surface area contributed by atoms with E-state index in [4.69, 9.17) is 10.00 Å². The Hall–Kier alpha value is -1.62. The lowest BCUT2D eigenvalue weighted by atomic mass is 10.2. The summed E-state index contributed by atoms with van der Waals surface area (Å²) in [6.07, 6.45) is -0.583. The highest BCUT2D eigenvalue weighted by molar-refractivity contribution is 8.01. The second-order valence-corrected chi connectivity index (χ2v) is 6.45. The Morgan fingerprint density at radius 2 is 2.15 bits per heavy atom. The number of aromatic nitrogens is 2. The first kappa shape index (κ1) is 14.8. The highest BCUT2D eigenvalue weighted by Gasteiger charge is 2.09. The van der Waals surface area contributed by atoms with Crippen LogP contribution in [0.4, 0.5) is 0 Å². The zero-order valence-electron chi connectivity index (χ0n) is 10.8. The molecule has 0 aliphatic heterocycles. The topological polar surface area (TPSA) is 79.0 Å². The van der Waals surface area contributed by atoms with E-state index >= 15 is 0 Å². The van der Waals surface area contributed by atoms with E-state index in [0.717, 1.165) is 9.35 Å². The van der Waals surface area contributed by atoms with E-state index in [1.54, 1.807) is 24.3 Å². The first-order valence-corrected chi connectivity index (χ1v) is 7.71. The number of benzene rings is 1. The average molecular weight is 307 g/mol. The molecule has 1 aromatic heterocycles. The molecule has 0 saturated heterocycles. The van der Waals surface area contributed by atoms with Gasteiger partial charge in [0.05, 0.1) is 17.7 Å². The summed E-state index contributed by atoms with van der Waals surface area (Å²) in [4.78, 5) is 0. The van der Waals surface area contributed by atoms with Crippen molar-refractivity contribution >= 4 is 23.1 Å².